The molecule has 1 fully saturated rings. The minimum atomic E-state index is 0.745. The second-order valence-corrected chi connectivity index (χ2v) is 5.36. The van der Waals surface area contributed by atoms with Crippen LogP contribution in [0.5, 0.6) is 0 Å². The van der Waals surface area contributed by atoms with Crippen molar-refractivity contribution < 1.29 is 0 Å². The lowest BCUT2D eigenvalue weighted by Crippen LogP contribution is -2.47. The molecule has 0 aliphatic carbocycles. The Kier molecular flexibility index (Phi) is 4.26. The molecule has 7 nitrogen and oxygen atoms in total. The van der Waals surface area contributed by atoms with Gasteiger partial charge in [0.1, 0.15) is 6.33 Å². The molecule has 3 rings (SSSR count). The molecule has 0 atom stereocenters. The predicted molar refractivity (Wildman–Crippen MR) is 82.5 cm³/mol. The molecule has 0 spiro atoms. The van der Waals surface area contributed by atoms with E-state index in [4.69, 9.17) is 12.2 Å². The summed E-state index contributed by atoms with van der Waals surface area (Å²) in [5.74, 6) is 0.809. The molecule has 0 amide bonds. The summed E-state index contributed by atoms with van der Waals surface area (Å²) in [6, 6.07) is 1.84. The van der Waals surface area contributed by atoms with Gasteiger partial charge in [-0.3, -0.25) is 4.90 Å². The highest BCUT2D eigenvalue weighted by Gasteiger charge is 2.19. The van der Waals surface area contributed by atoms with Crippen molar-refractivity contribution >= 4 is 18.2 Å². The van der Waals surface area contributed by atoms with Crippen LogP contribution in [0.2, 0.25) is 0 Å². The van der Waals surface area contributed by atoms with Crippen LogP contribution in [-0.2, 0) is 13.2 Å². The summed E-state index contributed by atoms with van der Waals surface area (Å²) in [5.41, 5.74) is 0. The number of aryl methyl sites for hydroxylation is 1. The third-order valence-electron chi connectivity index (χ3n) is 3.68. The van der Waals surface area contributed by atoms with Crippen LogP contribution in [0.1, 0.15) is 6.92 Å². The van der Waals surface area contributed by atoms with E-state index in [-0.39, 0.29) is 0 Å². The lowest BCUT2D eigenvalue weighted by Gasteiger charge is -2.34. The summed E-state index contributed by atoms with van der Waals surface area (Å²) >= 11 is 5.40. The normalized spacial score (nSPS) is 16.3. The number of piperazine rings is 1. The number of anilines is 1. The number of nitrogens with zero attached hydrogens (tertiary/aromatic N) is 7. The molecule has 0 aromatic carbocycles. The van der Waals surface area contributed by atoms with E-state index in [0.29, 0.717) is 0 Å². The van der Waals surface area contributed by atoms with Crippen molar-refractivity contribution in [2.45, 2.75) is 20.1 Å². The lowest BCUT2D eigenvalue weighted by molar-refractivity contribution is 0.193. The van der Waals surface area contributed by atoms with Gasteiger partial charge in [0.25, 0.3) is 0 Å². The van der Waals surface area contributed by atoms with Gasteiger partial charge in [-0.05, 0) is 25.2 Å². The molecule has 0 radical (unpaired) electrons. The maximum atomic E-state index is 5.40. The third kappa shape index (κ3) is 3.11. The summed E-state index contributed by atoms with van der Waals surface area (Å²) in [5, 5.41) is 4.35. The second kappa shape index (κ2) is 6.31. The molecule has 2 aromatic heterocycles. The van der Waals surface area contributed by atoms with E-state index in [1.165, 1.54) is 0 Å². The van der Waals surface area contributed by atoms with E-state index in [9.17, 15) is 0 Å². The largest absolute Gasteiger partial charge is 0.338 e. The Morgan fingerprint density at radius 1 is 1.14 bits per heavy atom. The molecule has 0 unspecified atom stereocenters. The molecule has 2 aromatic rings. The Balaban J connectivity index is 1.59. The molecule has 0 bridgehead atoms. The Bertz CT molecular complexity index is 627. The summed E-state index contributed by atoms with van der Waals surface area (Å²) in [6.45, 7) is 7.43. The van der Waals surface area contributed by atoms with Crippen LogP contribution < -0.4 is 4.90 Å². The van der Waals surface area contributed by atoms with Crippen molar-refractivity contribution in [1.29, 1.82) is 0 Å². The first-order valence-corrected chi connectivity index (χ1v) is 7.55. The van der Waals surface area contributed by atoms with Gasteiger partial charge in [0.05, 0.1) is 6.67 Å². The summed E-state index contributed by atoms with van der Waals surface area (Å²) in [6.07, 6.45) is 5.37. The standard InChI is InChI=1S/C13H19N7S/c1-2-18-10-16-20(13(18)21)11-17-6-8-19(9-7-17)12-14-4-3-5-15-12/h3-5,10H,2,6-9,11H2,1H3. The average Bonchev–Trinajstić information content (AvgIpc) is 2.89. The molecule has 1 saturated heterocycles. The fraction of sp³-hybridized carbons (Fsp3) is 0.538. The van der Waals surface area contributed by atoms with E-state index >= 15 is 0 Å². The van der Waals surface area contributed by atoms with Crippen LogP contribution >= 0.6 is 12.2 Å². The van der Waals surface area contributed by atoms with Gasteiger partial charge in [0.15, 0.2) is 4.77 Å². The van der Waals surface area contributed by atoms with Crippen molar-refractivity contribution in [3.8, 4) is 0 Å². The van der Waals surface area contributed by atoms with Crippen molar-refractivity contribution in [2.75, 3.05) is 31.1 Å². The van der Waals surface area contributed by atoms with Gasteiger partial charge < -0.3 is 9.47 Å². The monoisotopic (exact) mass is 305 g/mol. The van der Waals surface area contributed by atoms with Crippen LogP contribution in [-0.4, -0.2) is 55.4 Å². The van der Waals surface area contributed by atoms with Gasteiger partial charge in [-0.25, -0.2) is 14.6 Å². The van der Waals surface area contributed by atoms with E-state index in [0.717, 1.165) is 50.1 Å². The lowest BCUT2D eigenvalue weighted by atomic mass is 10.3. The smallest absolute Gasteiger partial charge is 0.225 e. The van der Waals surface area contributed by atoms with Crippen LogP contribution in [0.15, 0.2) is 24.8 Å². The van der Waals surface area contributed by atoms with Gasteiger partial charge in [-0.15, -0.1) is 0 Å². The maximum absolute atomic E-state index is 5.40. The molecule has 8 heteroatoms. The first-order valence-electron chi connectivity index (χ1n) is 7.14. The zero-order valence-corrected chi connectivity index (χ0v) is 12.9. The Labute approximate surface area is 128 Å². The molecule has 1 aliphatic rings. The van der Waals surface area contributed by atoms with E-state index in [1.807, 2.05) is 15.3 Å². The first kappa shape index (κ1) is 14.2. The molecule has 21 heavy (non-hydrogen) atoms. The molecule has 0 N–H and O–H groups in total. The zero-order valence-electron chi connectivity index (χ0n) is 12.1. The van der Waals surface area contributed by atoms with E-state index in [2.05, 4.69) is 31.8 Å². The number of hydrogen-bond acceptors (Lipinski definition) is 6. The van der Waals surface area contributed by atoms with Crippen LogP contribution in [0.25, 0.3) is 0 Å². The fourth-order valence-corrected chi connectivity index (χ4v) is 2.70. The van der Waals surface area contributed by atoms with E-state index in [1.54, 1.807) is 18.7 Å². The van der Waals surface area contributed by atoms with Gasteiger partial charge in [0, 0.05) is 45.1 Å². The van der Waals surface area contributed by atoms with Crippen molar-refractivity contribution in [3.63, 3.8) is 0 Å². The van der Waals surface area contributed by atoms with Crippen molar-refractivity contribution in [3.05, 3.63) is 29.6 Å². The fourth-order valence-electron chi connectivity index (χ4n) is 2.42. The topological polar surface area (TPSA) is 55.0 Å². The number of aromatic nitrogens is 5. The van der Waals surface area contributed by atoms with Gasteiger partial charge in [-0.2, -0.15) is 5.10 Å². The predicted octanol–water partition coefficient (Wildman–Crippen LogP) is 1.00. The highest BCUT2D eigenvalue weighted by Crippen LogP contribution is 2.10. The molecule has 112 valence electrons. The Hall–Kier alpha value is -1.80. The van der Waals surface area contributed by atoms with Gasteiger partial charge in [0.2, 0.25) is 5.95 Å². The summed E-state index contributed by atoms with van der Waals surface area (Å²) in [7, 11) is 0. The molecular weight excluding hydrogens is 286 g/mol. The Morgan fingerprint density at radius 2 is 1.86 bits per heavy atom. The summed E-state index contributed by atoms with van der Waals surface area (Å²) in [4.78, 5) is 13.2. The molecular formula is C13H19N7S. The molecule has 0 saturated carbocycles. The van der Waals surface area contributed by atoms with E-state index < -0.39 is 0 Å². The minimum absolute atomic E-state index is 0.745. The zero-order chi connectivity index (χ0) is 14.7. The number of rotatable bonds is 4. The third-order valence-corrected chi connectivity index (χ3v) is 4.12. The highest BCUT2D eigenvalue weighted by atomic mass is 32.1. The molecule has 3 heterocycles. The van der Waals surface area contributed by atoms with Crippen molar-refractivity contribution in [1.82, 2.24) is 29.2 Å². The second-order valence-electron chi connectivity index (χ2n) is 4.99. The maximum Gasteiger partial charge on any atom is 0.225 e. The minimum Gasteiger partial charge on any atom is -0.338 e. The first-order chi connectivity index (χ1) is 10.3. The summed E-state index contributed by atoms with van der Waals surface area (Å²) < 4.78 is 4.64. The average molecular weight is 305 g/mol. The Morgan fingerprint density at radius 3 is 2.48 bits per heavy atom. The van der Waals surface area contributed by atoms with Gasteiger partial charge in [-0.1, -0.05) is 0 Å². The quantitative estimate of drug-likeness (QED) is 0.786. The van der Waals surface area contributed by atoms with Crippen LogP contribution in [0.3, 0.4) is 0 Å². The van der Waals surface area contributed by atoms with Crippen LogP contribution in [0.4, 0.5) is 5.95 Å². The van der Waals surface area contributed by atoms with Crippen LogP contribution in [0, 0.1) is 4.77 Å². The molecule has 1 aliphatic heterocycles. The number of hydrogen-bond donors (Lipinski definition) is 0. The van der Waals surface area contributed by atoms with Crippen molar-refractivity contribution in [2.24, 2.45) is 0 Å². The highest BCUT2D eigenvalue weighted by molar-refractivity contribution is 7.71. The van der Waals surface area contributed by atoms with Gasteiger partial charge >= 0.3 is 0 Å². The SMILES string of the molecule is CCn1cnn(CN2CCN(c3ncccn3)CC2)c1=S.